The Labute approximate surface area is 74.5 Å². The third kappa shape index (κ3) is 2.35. The van der Waals surface area contributed by atoms with E-state index in [0.29, 0.717) is 12.5 Å². The summed E-state index contributed by atoms with van der Waals surface area (Å²) in [6.45, 7) is 3.23. The molecule has 1 aliphatic heterocycles. The van der Waals surface area contributed by atoms with Crippen LogP contribution in [0.3, 0.4) is 0 Å². The summed E-state index contributed by atoms with van der Waals surface area (Å²) in [6, 6.07) is 2.79. The van der Waals surface area contributed by atoms with Gasteiger partial charge in [0, 0.05) is 19.0 Å². The van der Waals surface area contributed by atoms with Crippen molar-refractivity contribution in [2.45, 2.75) is 32.2 Å². The maximum atomic E-state index is 8.45. The molecular formula is C10H16N2. The second-order valence-corrected chi connectivity index (χ2v) is 3.55. The molecule has 0 bridgehead atoms. The van der Waals surface area contributed by atoms with Gasteiger partial charge in [0.15, 0.2) is 0 Å². The van der Waals surface area contributed by atoms with Crippen molar-refractivity contribution in [1.29, 1.82) is 5.26 Å². The zero-order valence-electron chi connectivity index (χ0n) is 7.88. The molecule has 1 aliphatic rings. The van der Waals surface area contributed by atoms with Gasteiger partial charge in [-0.05, 0) is 26.8 Å². The van der Waals surface area contributed by atoms with Crippen molar-refractivity contribution in [3.63, 3.8) is 0 Å². The molecule has 0 fully saturated rings. The number of rotatable bonds is 2. The van der Waals surface area contributed by atoms with Crippen LogP contribution in [0.5, 0.6) is 0 Å². The lowest BCUT2D eigenvalue weighted by atomic mass is 10.0. The average molecular weight is 164 g/mol. The van der Waals surface area contributed by atoms with Crippen molar-refractivity contribution in [2.24, 2.45) is 0 Å². The Morgan fingerprint density at radius 1 is 1.75 bits per heavy atom. The molecule has 0 aromatic rings. The molecule has 0 spiro atoms. The minimum absolute atomic E-state index is 0.591. The summed E-state index contributed by atoms with van der Waals surface area (Å²) in [5.74, 6) is 0. The van der Waals surface area contributed by atoms with E-state index in [1.807, 2.05) is 0 Å². The molecule has 12 heavy (non-hydrogen) atoms. The molecule has 0 saturated heterocycles. The van der Waals surface area contributed by atoms with Gasteiger partial charge in [0.05, 0.1) is 6.07 Å². The van der Waals surface area contributed by atoms with E-state index in [4.69, 9.17) is 5.26 Å². The Morgan fingerprint density at radius 2 is 2.50 bits per heavy atom. The molecule has 1 unspecified atom stereocenters. The number of nitriles is 1. The molecule has 0 saturated carbocycles. The van der Waals surface area contributed by atoms with E-state index in [2.05, 4.69) is 31.0 Å². The van der Waals surface area contributed by atoms with Crippen LogP contribution in [0.4, 0.5) is 0 Å². The van der Waals surface area contributed by atoms with Gasteiger partial charge in [0.25, 0.3) is 0 Å². The molecule has 66 valence electrons. The zero-order chi connectivity index (χ0) is 8.97. The predicted octanol–water partition coefficient (Wildman–Crippen LogP) is 1.94. The molecule has 0 N–H and O–H groups in total. The summed E-state index contributed by atoms with van der Waals surface area (Å²) in [6.07, 6.45) is 5.10. The molecule has 0 aliphatic carbocycles. The first-order valence-corrected chi connectivity index (χ1v) is 4.47. The van der Waals surface area contributed by atoms with Gasteiger partial charge in [0.2, 0.25) is 0 Å². The van der Waals surface area contributed by atoms with Crippen LogP contribution in [0.25, 0.3) is 0 Å². The van der Waals surface area contributed by atoms with E-state index in [1.165, 1.54) is 5.57 Å². The summed E-state index contributed by atoms with van der Waals surface area (Å²) in [5, 5.41) is 8.45. The predicted molar refractivity (Wildman–Crippen MR) is 49.6 cm³/mol. The Balaban J connectivity index is 2.42. The molecule has 0 aromatic heterocycles. The fourth-order valence-corrected chi connectivity index (χ4v) is 1.67. The highest BCUT2D eigenvalue weighted by Gasteiger charge is 2.16. The monoisotopic (exact) mass is 164 g/mol. The van der Waals surface area contributed by atoms with Crippen LogP contribution in [0.1, 0.15) is 26.2 Å². The third-order valence-corrected chi connectivity index (χ3v) is 2.45. The van der Waals surface area contributed by atoms with Crippen molar-refractivity contribution >= 4 is 0 Å². The van der Waals surface area contributed by atoms with Crippen molar-refractivity contribution in [2.75, 3.05) is 13.6 Å². The number of likely N-dealkylation sites (N-methyl/N-ethyl adjacent to an activating group) is 1. The first-order valence-electron chi connectivity index (χ1n) is 4.47. The van der Waals surface area contributed by atoms with Crippen LogP contribution >= 0.6 is 0 Å². The van der Waals surface area contributed by atoms with Crippen LogP contribution in [0.15, 0.2) is 11.6 Å². The Morgan fingerprint density at radius 3 is 3.08 bits per heavy atom. The molecule has 1 rings (SSSR count). The quantitative estimate of drug-likeness (QED) is 0.583. The van der Waals surface area contributed by atoms with E-state index < -0.39 is 0 Å². The normalized spacial score (nSPS) is 24.8. The molecule has 2 nitrogen and oxygen atoms in total. The molecule has 1 atom stereocenters. The maximum absolute atomic E-state index is 8.45. The smallest absolute Gasteiger partial charge is 0.0622 e. The van der Waals surface area contributed by atoms with E-state index in [0.717, 1.165) is 19.4 Å². The number of nitrogens with zero attached hydrogens (tertiary/aromatic N) is 2. The van der Waals surface area contributed by atoms with Crippen LogP contribution in [0.2, 0.25) is 0 Å². The van der Waals surface area contributed by atoms with Crippen LogP contribution in [0, 0.1) is 11.3 Å². The lowest BCUT2D eigenvalue weighted by Crippen LogP contribution is -2.35. The van der Waals surface area contributed by atoms with Crippen molar-refractivity contribution in [3.05, 3.63) is 11.6 Å². The Bertz CT molecular complexity index is 212. The summed E-state index contributed by atoms with van der Waals surface area (Å²) in [4.78, 5) is 2.34. The number of hydrogen-bond donors (Lipinski definition) is 0. The summed E-state index contributed by atoms with van der Waals surface area (Å²) in [7, 11) is 2.14. The van der Waals surface area contributed by atoms with Gasteiger partial charge in [0.1, 0.15) is 0 Å². The van der Waals surface area contributed by atoms with Crippen LogP contribution in [-0.4, -0.2) is 24.5 Å². The molecule has 0 radical (unpaired) electrons. The fourth-order valence-electron chi connectivity index (χ4n) is 1.67. The van der Waals surface area contributed by atoms with Crippen molar-refractivity contribution in [3.8, 4) is 6.07 Å². The standard InChI is InChI=1S/C10H16N2/c1-9-5-6-10(4-3-7-11)12(2)8-9/h5,10H,3-4,6,8H2,1-2H3. The van der Waals surface area contributed by atoms with Crippen LogP contribution < -0.4 is 0 Å². The minimum Gasteiger partial charge on any atom is -0.299 e. The van der Waals surface area contributed by atoms with Crippen molar-refractivity contribution in [1.82, 2.24) is 4.90 Å². The lowest BCUT2D eigenvalue weighted by molar-refractivity contribution is 0.238. The highest BCUT2D eigenvalue weighted by Crippen LogP contribution is 2.17. The van der Waals surface area contributed by atoms with Gasteiger partial charge < -0.3 is 0 Å². The summed E-state index contributed by atoms with van der Waals surface area (Å²) >= 11 is 0. The fraction of sp³-hybridized carbons (Fsp3) is 0.700. The van der Waals surface area contributed by atoms with Gasteiger partial charge in [-0.15, -0.1) is 0 Å². The molecule has 2 heteroatoms. The summed E-state index contributed by atoms with van der Waals surface area (Å²) in [5.41, 5.74) is 1.45. The van der Waals surface area contributed by atoms with Gasteiger partial charge in [-0.25, -0.2) is 0 Å². The van der Waals surface area contributed by atoms with Gasteiger partial charge in [-0.1, -0.05) is 11.6 Å². The first-order chi connectivity index (χ1) is 5.74. The third-order valence-electron chi connectivity index (χ3n) is 2.45. The van der Waals surface area contributed by atoms with E-state index in [9.17, 15) is 0 Å². The van der Waals surface area contributed by atoms with Crippen molar-refractivity contribution < 1.29 is 0 Å². The van der Waals surface area contributed by atoms with E-state index in [1.54, 1.807) is 0 Å². The van der Waals surface area contributed by atoms with E-state index >= 15 is 0 Å². The SMILES string of the molecule is CC1=CCC(CCC#N)N(C)C1. The topological polar surface area (TPSA) is 27.0 Å². The molecular weight excluding hydrogens is 148 g/mol. The Hall–Kier alpha value is -0.810. The Kier molecular flexibility index (Phi) is 3.31. The number of hydrogen-bond acceptors (Lipinski definition) is 2. The highest BCUT2D eigenvalue weighted by molar-refractivity contribution is 5.06. The maximum Gasteiger partial charge on any atom is 0.0622 e. The minimum atomic E-state index is 0.591. The first kappa shape index (κ1) is 9.28. The average Bonchev–Trinajstić information content (AvgIpc) is 2.03. The second kappa shape index (κ2) is 4.27. The molecule has 0 aromatic carbocycles. The largest absolute Gasteiger partial charge is 0.299 e. The molecule has 1 heterocycles. The van der Waals surface area contributed by atoms with Gasteiger partial charge >= 0.3 is 0 Å². The lowest BCUT2D eigenvalue weighted by Gasteiger charge is -2.30. The van der Waals surface area contributed by atoms with Gasteiger partial charge in [-0.2, -0.15) is 5.26 Å². The molecule has 0 amide bonds. The van der Waals surface area contributed by atoms with Crippen LogP contribution in [-0.2, 0) is 0 Å². The second-order valence-electron chi connectivity index (χ2n) is 3.55. The summed E-state index contributed by atoms with van der Waals surface area (Å²) < 4.78 is 0. The van der Waals surface area contributed by atoms with E-state index in [-0.39, 0.29) is 0 Å². The van der Waals surface area contributed by atoms with Gasteiger partial charge in [-0.3, -0.25) is 4.90 Å². The highest BCUT2D eigenvalue weighted by atomic mass is 15.1. The zero-order valence-corrected chi connectivity index (χ0v) is 7.88.